The van der Waals surface area contributed by atoms with Crippen molar-refractivity contribution in [2.75, 3.05) is 20.1 Å². The predicted molar refractivity (Wildman–Crippen MR) is 75.8 cm³/mol. The Labute approximate surface area is 115 Å². The molecule has 2 saturated heterocycles. The van der Waals surface area contributed by atoms with Gasteiger partial charge in [-0.2, -0.15) is 0 Å². The molecule has 2 aliphatic heterocycles. The third-order valence-corrected chi connectivity index (χ3v) is 4.90. The molecule has 2 bridgehead atoms. The van der Waals surface area contributed by atoms with Crippen LogP contribution >= 0.6 is 0 Å². The number of likely N-dealkylation sites (N-methyl/N-ethyl adjacent to an activating group) is 1. The molecule has 106 valence electrons. The van der Waals surface area contributed by atoms with Gasteiger partial charge >= 0.3 is 0 Å². The van der Waals surface area contributed by atoms with Gasteiger partial charge in [-0.3, -0.25) is 9.80 Å². The molecule has 0 saturated carbocycles. The zero-order valence-electron chi connectivity index (χ0n) is 12.1. The second kappa shape index (κ2) is 5.27. The molecule has 4 heteroatoms. The average molecular weight is 263 g/mol. The van der Waals surface area contributed by atoms with Gasteiger partial charge in [0.2, 0.25) is 0 Å². The Bertz CT molecular complexity index is 443. The first kappa shape index (κ1) is 13.2. The van der Waals surface area contributed by atoms with E-state index >= 15 is 0 Å². The molecule has 2 aliphatic rings. The van der Waals surface area contributed by atoms with E-state index in [2.05, 4.69) is 22.9 Å². The molecule has 0 aliphatic carbocycles. The molecule has 19 heavy (non-hydrogen) atoms. The average Bonchev–Trinajstić information content (AvgIpc) is 2.85. The van der Waals surface area contributed by atoms with Crippen LogP contribution in [0.1, 0.15) is 36.3 Å². The van der Waals surface area contributed by atoms with Crippen molar-refractivity contribution in [2.45, 2.75) is 51.4 Å². The lowest BCUT2D eigenvalue weighted by atomic mass is 10.1. The van der Waals surface area contributed by atoms with Crippen molar-refractivity contribution >= 4 is 0 Å². The molecule has 3 rings (SSSR count). The summed E-state index contributed by atoms with van der Waals surface area (Å²) in [4.78, 5) is 5.17. The SMILES string of the molecule is Cc1oc(CN)cc1CN1CCC2CCC(C1)N2C. The number of likely N-dealkylation sites (tertiary alicyclic amines) is 1. The van der Waals surface area contributed by atoms with E-state index in [0.717, 1.165) is 30.1 Å². The lowest BCUT2D eigenvalue weighted by molar-refractivity contribution is 0.214. The van der Waals surface area contributed by atoms with Crippen LogP contribution in [-0.4, -0.2) is 42.0 Å². The Morgan fingerprint density at radius 1 is 1.32 bits per heavy atom. The maximum absolute atomic E-state index is 5.66. The van der Waals surface area contributed by atoms with Crippen LogP contribution in [0.2, 0.25) is 0 Å². The molecule has 0 aromatic carbocycles. The van der Waals surface area contributed by atoms with Crippen molar-refractivity contribution in [1.29, 1.82) is 0 Å². The number of rotatable bonds is 3. The first-order valence-electron chi connectivity index (χ1n) is 7.40. The van der Waals surface area contributed by atoms with Gasteiger partial charge in [0.05, 0.1) is 6.54 Å². The van der Waals surface area contributed by atoms with Crippen LogP contribution < -0.4 is 5.73 Å². The molecule has 2 atom stereocenters. The third-order valence-electron chi connectivity index (χ3n) is 4.90. The van der Waals surface area contributed by atoms with Gasteiger partial charge in [-0.1, -0.05) is 0 Å². The number of hydrogen-bond donors (Lipinski definition) is 1. The van der Waals surface area contributed by atoms with Gasteiger partial charge < -0.3 is 10.2 Å². The lowest BCUT2D eigenvalue weighted by Gasteiger charge is -2.25. The van der Waals surface area contributed by atoms with Gasteiger partial charge in [0.15, 0.2) is 0 Å². The molecular formula is C15H25N3O. The number of furan rings is 1. The van der Waals surface area contributed by atoms with Gasteiger partial charge in [0.25, 0.3) is 0 Å². The molecule has 2 N–H and O–H groups in total. The van der Waals surface area contributed by atoms with Crippen LogP contribution in [0.5, 0.6) is 0 Å². The van der Waals surface area contributed by atoms with Crippen molar-refractivity contribution in [3.8, 4) is 0 Å². The molecular weight excluding hydrogens is 238 g/mol. The monoisotopic (exact) mass is 263 g/mol. The van der Waals surface area contributed by atoms with Crippen molar-refractivity contribution in [1.82, 2.24) is 9.80 Å². The molecule has 4 nitrogen and oxygen atoms in total. The minimum absolute atomic E-state index is 0.494. The quantitative estimate of drug-likeness (QED) is 0.902. The van der Waals surface area contributed by atoms with E-state index in [1.165, 1.54) is 37.9 Å². The summed E-state index contributed by atoms with van der Waals surface area (Å²) in [5, 5.41) is 0. The fourth-order valence-corrected chi connectivity index (χ4v) is 3.61. The molecule has 2 fully saturated rings. The minimum Gasteiger partial charge on any atom is -0.465 e. The Kier molecular flexibility index (Phi) is 3.65. The standard InChI is InChI=1S/C15H25N3O/c1-11-12(7-15(8-16)19-11)9-18-6-5-13-3-4-14(10-18)17(13)2/h7,13-14H,3-6,8-10,16H2,1-2H3. The summed E-state index contributed by atoms with van der Waals surface area (Å²) in [5.74, 6) is 1.93. The maximum Gasteiger partial charge on any atom is 0.118 e. The summed E-state index contributed by atoms with van der Waals surface area (Å²) in [5.41, 5.74) is 6.95. The van der Waals surface area contributed by atoms with Gasteiger partial charge in [0.1, 0.15) is 11.5 Å². The molecule has 0 spiro atoms. The fourth-order valence-electron chi connectivity index (χ4n) is 3.61. The Morgan fingerprint density at radius 2 is 2.11 bits per heavy atom. The van der Waals surface area contributed by atoms with Crippen LogP contribution in [0.3, 0.4) is 0 Å². The van der Waals surface area contributed by atoms with Crippen molar-refractivity contribution < 1.29 is 4.42 Å². The second-order valence-corrected chi connectivity index (χ2v) is 6.07. The Morgan fingerprint density at radius 3 is 2.84 bits per heavy atom. The zero-order chi connectivity index (χ0) is 13.4. The fraction of sp³-hybridized carbons (Fsp3) is 0.733. The van der Waals surface area contributed by atoms with E-state index in [4.69, 9.17) is 10.2 Å². The van der Waals surface area contributed by atoms with Crippen molar-refractivity contribution in [3.63, 3.8) is 0 Å². The first-order chi connectivity index (χ1) is 9.17. The number of fused-ring (bicyclic) bond motifs is 2. The summed E-state index contributed by atoms with van der Waals surface area (Å²) in [6.45, 7) is 5.94. The maximum atomic E-state index is 5.66. The Balaban J connectivity index is 1.68. The lowest BCUT2D eigenvalue weighted by Crippen LogP contribution is -2.36. The summed E-state index contributed by atoms with van der Waals surface area (Å²) in [6, 6.07) is 3.68. The normalized spacial score (nSPS) is 28.8. The summed E-state index contributed by atoms with van der Waals surface area (Å²) >= 11 is 0. The van der Waals surface area contributed by atoms with E-state index < -0.39 is 0 Å². The van der Waals surface area contributed by atoms with Crippen LogP contribution in [0.15, 0.2) is 10.5 Å². The number of nitrogens with two attached hydrogens (primary N) is 1. The first-order valence-corrected chi connectivity index (χ1v) is 7.40. The van der Waals surface area contributed by atoms with E-state index in [1.807, 2.05) is 6.92 Å². The number of aryl methyl sites for hydroxylation is 1. The Hall–Kier alpha value is -0.840. The highest BCUT2D eigenvalue weighted by molar-refractivity contribution is 5.20. The van der Waals surface area contributed by atoms with Gasteiger partial charge in [-0.25, -0.2) is 0 Å². The molecule has 2 unspecified atom stereocenters. The van der Waals surface area contributed by atoms with E-state index in [-0.39, 0.29) is 0 Å². The molecule has 0 radical (unpaired) electrons. The zero-order valence-corrected chi connectivity index (χ0v) is 12.1. The van der Waals surface area contributed by atoms with Gasteiger partial charge in [-0.05, 0) is 39.3 Å². The van der Waals surface area contributed by atoms with Crippen LogP contribution in [-0.2, 0) is 13.1 Å². The van der Waals surface area contributed by atoms with Crippen LogP contribution in [0.4, 0.5) is 0 Å². The summed E-state index contributed by atoms with van der Waals surface area (Å²) < 4.78 is 5.66. The molecule has 0 amide bonds. The largest absolute Gasteiger partial charge is 0.465 e. The third kappa shape index (κ3) is 2.57. The number of hydrogen-bond acceptors (Lipinski definition) is 4. The van der Waals surface area contributed by atoms with E-state index in [1.54, 1.807) is 0 Å². The topological polar surface area (TPSA) is 45.6 Å². The highest BCUT2D eigenvalue weighted by atomic mass is 16.3. The molecule has 1 aromatic rings. The van der Waals surface area contributed by atoms with Crippen LogP contribution in [0.25, 0.3) is 0 Å². The van der Waals surface area contributed by atoms with E-state index in [0.29, 0.717) is 6.54 Å². The second-order valence-electron chi connectivity index (χ2n) is 6.07. The number of nitrogens with zero attached hydrogens (tertiary/aromatic N) is 2. The highest BCUT2D eigenvalue weighted by Gasteiger charge is 2.34. The molecule has 3 heterocycles. The summed E-state index contributed by atoms with van der Waals surface area (Å²) in [6.07, 6.45) is 4.04. The van der Waals surface area contributed by atoms with Gasteiger partial charge in [-0.15, -0.1) is 0 Å². The van der Waals surface area contributed by atoms with Crippen molar-refractivity contribution in [3.05, 3.63) is 23.2 Å². The van der Waals surface area contributed by atoms with Gasteiger partial charge in [0, 0.05) is 37.3 Å². The smallest absolute Gasteiger partial charge is 0.118 e. The van der Waals surface area contributed by atoms with Crippen molar-refractivity contribution in [2.24, 2.45) is 5.73 Å². The molecule has 1 aromatic heterocycles. The van der Waals surface area contributed by atoms with Crippen LogP contribution in [0, 0.1) is 6.92 Å². The highest BCUT2D eigenvalue weighted by Crippen LogP contribution is 2.29. The predicted octanol–water partition coefficient (Wildman–Crippen LogP) is 1.72. The summed E-state index contributed by atoms with van der Waals surface area (Å²) in [7, 11) is 2.29. The minimum atomic E-state index is 0.494. The van der Waals surface area contributed by atoms with E-state index in [9.17, 15) is 0 Å².